The zero-order chi connectivity index (χ0) is 16.3. The van der Waals surface area contributed by atoms with Crippen LogP contribution in [0.3, 0.4) is 0 Å². The zero-order valence-corrected chi connectivity index (χ0v) is 14.2. The molecule has 0 aromatic heterocycles. The lowest BCUT2D eigenvalue weighted by Gasteiger charge is -2.35. The van der Waals surface area contributed by atoms with E-state index in [4.69, 9.17) is 0 Å². The summed E-state index contributed by atoms with van der Waals surface area (Å²) in [7, 11) is 0. The second-order valence-corrected chi connectivity index (χ2v) is 6.06. The molecule has 0 aliphatic carbocycles. The first-order valence-corrected chi connectivity index (χ1v) is 8.03. The Morgan fingerprint density at radius 2 is 1.67 bits per heavy atom. The molecule has 0 saturated carbocycles. The number of hydrogen-bond acceptors (Lipinski definition) is 2. The van der Waals surface area contributed by atoms with Crippen molar-refractivity contribution in [1.82, 2.24) is 10.2 Å². The SMILES string of the molecule is Cl.FC(F)(F)CC[C@H](c1ccc2ccccc2c1)N1CCNCC1. The summed E-state index contributed by atoms with van der Waals surface area (Å²) >= 11 is 0. The highest BCUT2D eigenvalue weighted by Gasteiger charge is 2.31. The van der Waals surface area contributed by atoms with Crippen LogP contribution in [0, 0.1) is 0 Å². The highest BCUT2D eigenvalue weighted by molar-refractivity contribution is 5.85. The molecule has 0 amide bonds. The quantitative estimate of drug-likeness (QED) is 0.862. The standard InChI is InChI=1S/C18H21F3N2.ClH/c19-18(20,21)8-7-17(23-11-9-22-10-12-23)16-6-5-14-3-1-2-4-15(14)13-16;/h1-6,13,17,22H,7-12H2;1H/t17-;/m1./s1. The third-order valence-electron chi connectivity index (χ3n) is 4.45. The predicted octanol–water partition coefficient (Wildman–Crippen LogP) is 4.55. The van der Waals surface area contributed by atoms with Crippen LogP contribution < -0.4 is 5.32 Å². The smallest absolute Gasteiger partial charge is 0.314 e. The van der Waals surface area contributed by atoms with Gasteiger partial charge in [0.25, 0.3) is 0 Å². The maximum atomic E-state index is 12.7. The largest absolute Gasteiger partial charge is 0.389 e. The normalized spacial score (nSPS) is 17.5. The van der Waals surface area contributed by atoms with Gasteiger partial charge in [0.05, 0.1) is 0 Å². The summed E-state index contributed by atoms with van der Waals surface area (Å²) in [4.78, 5) is 2.17. The number of halogens is 4. The van der Waals surface area contributed by atoms with Gasteiger partial charge < -0.3 is 5.32 Å². The van der Waals surface area contributed by atoms with Crippen LogP contribution in [0.25, 0.3) is 10.8 Å². The van der Waals surface area contributed by atoms with Crippen LogP contribution >= 0.6 is 12.4 Å². The number of alkyl halides is 3. The van der Waals surface area contributed by atoms with Gasteiger partial charge in [0.1, 0.15) is 0 Å². The molecule has 2 aromatic carbocycles. The fraction of sp³-hybridized carbons (Fsp3) is 0.444. The van der Waals surface area contributed by atoms with Crippen LogP contribution in [0.2, 0.25) is 0 Å². The molecule has 1 aliphatic rings. The summed E-state index contributed by atoms with van der Waals surface area (Å²) in [6, 6.07) is 13.8. The van der Waals surface area contributed by atoms with Crippen LogP contribution in [0.1, 0.15) is 24.4 Å². The third-order valence-corrected chi connectivity index (χ3v) is 4.45. The molecule has 6 heteroatoms. The van der Waals surface area contributed by atoms with Gasteiger partial charge in [0, 0.05) is 38.6 Å². The summed E-state index contributed by atoms with van der Waals surface area (Å²) in [5.74, 6) is 0. The van der Waals surface area contributed by atoms with E-state index in [1.165, 1.54) is 0 Å². The molecule has 1 N–H and O–H groups in total. The van der Waals surface area contributed by atoms with E-state index in [2.05, 4.69) is 10.2 Å². The summed E-state index contributed by atoms with van der Waals surface area (Å²) in [6.45, 7) is 3.23. The molecule has 0 bridgehead atoms. The van der Waals surface area contributed by atoms with Gasteiger partial charge in [0.2, 0.25) is 0 Å². The van der Waals surface area contributed by atoms with Gasteiger partial charge in [-0.25, -0.2) is 0 Å². The van der Waals surface area contributed by atoms with E-state index in [-0.39, 0.29) is 24.9 Å². The Bertz CT molecular complexity index is 654. The van der Waals surface area contributed by atoms with Crippen molar-refractivity contribution in [2.75, 3.05) is 26.2 Å². The van der Waals surface area contributed by atoms with E-state index in [9.17, 15) is 13.2 Å². The second kappa shape index (κ2) is 8.19. The molecule has 0 unspecified atom stereocenters. The number of rotatable bonds is 4. The van der Waals surface area contributed by atoms with Gasteiger partial charge in [-0.3, -0.25) is 4.90 Å². The molecule has 3 rings (SSSR count). The van der Waals surface area contributed by atoms with E-state index in [1.54, 1.807) is 0 Å². The molecular formula is C18H22ClF3N2. The van der Waals surface area contributed by atoms with Crippen molar-refractivity contribution in [2.45, 2.75) is 25.1 Å². The van der Waals surface area contributed by atoms with Gasteiger partial charge in [-0.15, -0.1) is 12.4 Å². The Morgan fingerprint density at radius 1 is 1.00 bits per heavy atom. The van der Waals surface area contributed by atoms with E-state index >= 15 is 0 Å². The number of hydrogen-bond donors (Lipinski definition) is 1. The molecule has 24 heavy (non-hydrogen) atoms. The highest BCUT2D eigenvalue weighted by atomic mass is 35.5. The maximum Gasteiger partial charge on any atom is 0.389 e. The molecule has 1 atom stereocenters. The minimum atomic E-state index is -4.11. The second-order valence-electron chi connectivity index (χ2n) is 6.06. The Hall–Kier alpha value is -1.30. The van der Waals surface area contributed by atoms with E-state index in [0.717, 1.165) is 42.5 Å². The summed E-state index contributed by atoms with van der Waals surface area (Å²) < 4.78 is 38.2. The molecule has 1 heterocycles. The number of fused-ring (bicyclic) bond motifs is 1. The number of benzene rings is 2. The minimum absolute atomic E-state index is 0. The van der Waals surface area contributed by atoms with E-state index in [0.29, 0.717) is 0 Å². The van der Waals surface area contributed by atoms with E-state index in [1.807, 2.05) is 42.5 Å². The van der Waals surface area contributed by atoms with Gasteiger partial charge >= 0.3 is 6.18 Å². The van der Waals surface area contributed by atoms with Crippen molar-refractivity contribution < 1.29 is 13.2 Å². The molecule has 1 aliphatic heterocycles. The molecule has 0 spiro atoms. The van der Waals surface area contributed by atoms with Crippen molar-refractivity contribution in [3.63, 3.8) is 0 Å². The average Bonchev–Trinajstić information content (AvgIpc) is 2.55. The lowest BCUT2D eigenvalue weighted by molar-refractivity contribution is -0.138. The van der Waals surface area contributed by atoms with E-state index < -0.39 is 12.6 Å². The van der Waals surface area contributed by atoms with Crippen LogP contribution in [0.15, 0.2) is 42.5 Å². The third kappa shape index (κ3) is 4.85. The minimum Gasteiger partial charge on any atom is -0.314 e. The van der Waals surface area contributed by atoms with Crippen molar-refractivity contribution in [3.8, 4) is 0 Å². The Kier molecular flexibility index (Phi) is 6.49. The summed E-state index contributed by atoms with van der Waals surface area (Å²) in [5, 5.41) is 5.46. The van der Waals surface area contributed by atoms with Gasteiger partial charge in [-0.2, -0.15) is 13.2 Å². The van der Waals surface area contributed by atoms with Crippen LogP contribution in [0.4, 0.5) is 13.2 Å². The Balaban J connectivity index is 0.00000208. The fourth-order valence-corrected chi connectivity index (χ4v) is 3.27. The molecule has 1 saturated heterocycles. The average molecular weight is 359 g/mol. The van der Waals surface area contributed by atoms with Crippen LogP contribution in [-0.4, -0.2) is 37.3 Å². The Morgan fingerprint density at radius 3 is 2.33 bits per heavy atom. The first-order valence-electron chi connectivity index (χ1n) is 8.03. The van der Waals surface area contributed by atoms with Gasteiger partial charge in [-0.05, 0) is 28.8 Å². The van der Waals surface area contributed by atoms with Crippen molar-refractivity contribution in [1.29, 1.82) is 0 Å². The van der Waals surface area contributed by atoms with Crippen molar-refractivity contribution >= 4 is 23.2 Å². The molecule has 1 fully saturated rings. The fourth-order valence-electron chi connectivity index (χ4n) is 3.27. The number of nitrogens with zero attached hydrogens (tertiary/aromatic N) is 1. The molecular weight excluding hydrogens is 337 g/mol. The molecule has 2 aromatic rings. The van der Waals surface area contributed by atoms with Crippen molar-refractivity contribution in [2.24, 2.45) is 0 Å². The zero-order valence-electron chi connectivity index (χ0n) is 13.4. The monoisotopic (exact) mass is 358 g/mol. The number of piperazine rings is 1. The lowest BCUT2D eigenvalue weighted by atomic mass is 9.96. The Labute approximate surface area is 146 Å². The summed E-state index contributed by atoms with van der Waals surface area (Å²) in [6.07, 6.45) is -4.74. The molecule has 132 valence electrons. The van der Waals surface area contributed by atoms with Crippen LogP contribution in [-0.2, 0) is 0 Å². The number of nitrogens with one attached hydrogen (secondary N) is 1. The lowest BCUT2D eigenvalue weighted by Crippen LogP contribution is -2.45. The molecule has 0 radical (unpaired) electrons. The van der Waals surface area contributed by atoms with Crippen molar-refractivity contribution in [3.05, 3.63) is 48.0 Å². The maximum absolute atomic E-state index is 12.7. The first kappa shape index (κ1) is 19.0. The molecule has 2 nitrogen and oxygen atoms in total. The summed E-state index contributed by atoms with van der Waals surface area (Å²) in [5.41, 5.74) is 0.981. The van der Waals surface area contributed by atoms with Gasteiger partial charge in [-0.1, -0.05) is 36.4 Å². The topological polar surface area (TPSA) is 15.3 Å². The first-order chi connectivity index (χ1) is 11.0. The van der Waals surface area contributed by atoms with Gasteiger partial charge in [0.15, 0.2) is 0 Å². The predicted molar refractivity (Wildman–Crippen MR) is 93.7 cm³/mol. The highest BCUT2D eigenvalue weighted by Crippen LogP contribution is 2.33. The van der Waals surface area contributed by atoms with Crippen LogP contribution in [0.5, 0.6) is 0 Å².